The summed E-state index contributed by atoms with van der Waals surface area (Å²) in [6, 6.07) is 10.2. The first-order valence-electron chi connectivity index (χ1n) is 4.92. The summed E-state index contributed by atoms with van der Waals surface area (Å²) < 4.78 is 5.11. The number of hydrogen-bond acceptors (Lipinski definition) is 2. The van der Waals surface area contributed by atoms with E-state index in [1.807, 2.05) is 18.2 Å². The molecule has 1 aromatic rings. The zero-order valence-corrected chi connectivity index (χ0v) is 8.32. The molecule has 0 saturated carbocycles. The molecule has 1 aliphatic rings. The Morgan fingerprint density at radius 2 is 2.00 bits per heavy atom. The SMILES string of the molecule is CC1(c2ccccc2)CCC(=O)OC1. The highest BCUT2D eigenvalue weighted by Crippen LogP contribution is 2.32. The standard InChI is InChI=1S/C12H14O2/c1-12(8-7-11(13)14-9-12)10-5-3-2-4-6-10/h2-6H,7-9H2,1H3. The highest BCUT2D eigenvalue weighted by Gasteiger charge is 2.32. The molecule has 2 rings (SSSR count). The molecule has 1 aromatic carbocycles. The minimum atomic E-state index is -0.0709. The summed E-state index contributed by atoms with van der Waals surface area (Å²) in [4.78, 5) is 11.0. The van der Waals surface area contributed by atoms with E-state index in [0.717, 1.165) is 6.42 Å². The first-order chi connectivity index (χ1) is 6.71. The zero-order valence-electron chi connectivity index (χ0n) is 8.32. The number of benzene rings is 1. The van der Waals surface area contributed by atoms with Crippen LogP contribution in [0.4, 0.5) is 0 Å². The Balaban J connectivity index is 2.21. The van der Waals surface area contributed by atoms with E-state index in [1.54, 1.807) is 0 Å². The Hall–Kier alpha value is -1.31. The summed E-state index contributed by atoms with van der Waals surface area (Å²) in [5.41, 5.74) is 1.27. The van der Waals surface area contributed by atoms with E-state index in [-0.39, 0.29) is 11.4 Å². The van der Waals surface area contributed by atoms with Gasteiger partial charge in [0.15, 0.2) is 0 Å². The van der Waals surface area contributed by atoms with Crippen molar-refractivity contribution in [2.75, 3.05) is 6.61 Å². The molecule has 74 valence electrons. The predicted octanol–water partition coefficient (Wildman–Crippen LogP) is 2.28. The number of rotatable bonds is 1. The average Bonchev–Trinajstić information content (AvgIpc) is 2.24. The maximum absolute atomic E-state index is 11.0. The summed E-state index contributed by atoms with van der Waals surface area (Å²) >= 11 is 0. The van der Waals surface area contributed by atoms with Crippen LogP contribution in [-0.2, 0) is 14.9 Å². The second-order valence-electron chi connectivity index (χ2n) is 4.09. The van der Waals surface area contributed by atoms with Crippen LogP contribution in [0.2, 0.25) is 0 Å². The van der Waals surface area contributed by atoms with E-state index in [2.05, 4.69) is 19.1 Å². The van der Waals surface area contributed by atoms with Gasteiger partial charge in [0.05, 0.1) is 0 Å². The van der Waals surface area contributed by atoms with Crippen molar-refractivity contribution < 1.29 is 9.53 Å². The lowest BCUT2D eigenvalue weighted by Gasteiger charge is -2.33. The Labute approximate surface area is 83.9 Å². The van der Waals surface area contributed by atoms with Crippen LogP contribution >= 0.6 is 0 Å². The minimum absolute atomic E-state index is 0.00910. The van der Waals surface area contributed by atoms with Gasteiger partial charge in [0.2, 0.25) is 0 Å². The summed E-state index contributed by atoms with van der Waals surface area (Å²) in [5.74, 6) is -0.0709. The van der Waals surface area contributed by atoms with E-state index < -0.39 is 0 Å². The minimum Gasteiger partial charge on any atom is -0.465 e. The van der Waals surface area contributed by atoms with Crippen LogP contribution in [0, 0.1) is 0 Å². The molecule has 1 aliphatic heterocycles. The number of carbonyl (C=O) groups excluding carboxylic acids is 1. The Morgan fingerprint density at radius 3 is 2.57 bits per heavy atom. The molecule has 0 bridgehead atoms. The molecule has 0 aromatic heterocycles. The van der Waals surface area contributed by atoms with Crippen LogP contribution in [0.1, 0.15) is 25.3 Å². The molecule has 1 atom stereocenters. The topological polar surface area (TPSA) is 26.3 Å². The Bertz CT molecular complexity index is 319. The number of esters is 1. The Kier molecular flexibility index (Phi) is 2.28. The first-order valence-corrected chi connectivity index (χ1v) is 4.92. The van der Waals surface area contributed by atoms with E-state index in [4.69, 9.17) is 4.74 Å². The van der Waals surface area contributed by atoms with E-state index in [1.165, 1.54) is 5.56 Å². The zero-order chi connectivity index (χ0) is 10.0. The van der Waals surface area contributed by atoms with E-state index >= 15 is 0 Å². The van der Waals surface area contributed by atoms with Gasteiger partial charge in [0, 0.05) is 11.8 Å². The Morgan fingerprint density at radius 1 is 1.29 bits per heavy atom. The molecule has 14 heavy (non-hydrogen) atoms. The first kappa shape index (κ1) is 9.25. The van der Waals surface area contributed by atoms with Crippen molar-refractivity contribution in [2.24, 2.45) is 0 Å². The lowest BCUT2D eigenvalue weighted by atomic mass is 9.78. The highest BCUT2D eigenvalue weighted by molar-refractivity contribution is 5.70. The smallest absolute Gasteiger partial charge is 0.305 e. The molecule has 2 heteroatoms. The van der Waals surface area contributed by atoms with Gasteiger partial charge >= 0.3 is 5.97 Å². The molecule has 0 spiro atoms. The highest BCUT2D eigenvalue weighted by atomic mass is 16.5. The van der Waals surface area contributed by atoms with Crippen LogP contribution in [0.5, 0.6) is 0 Å². The quantitative estimate of drug-likeness (QED) is 0.635. The number of ether oxygens (including phenoxy) is 1. The molecule has 0 aliphatic carbocycles. The summed E-state index contributed by atoms with van der Waals surface area (Å²) in [6.45, 7) is 2.66. The third kappa shape index (κ3) is 1.65. The molecule has 0 amide bonds. The molecule has 2 nitrogen and oxygen atoms in total. The summed E-state index contributed by atoms with van der Waals surface area (Å²) in [6.07, 6.45) is 1.42. The largest absolute Gasteiger partial charge is 0.465 e. The molecule has 1 heterocycles. The fraction of sp³-hybridized carbons (Fsp3) is 0.417. The van der Waals surface area contributed by atoms with Gasteiger partial charge < -0.3 is 4.74 Å². The second kappa shape index (κ2) is 3.45. The molecule has 1 fully saturated rings. The van der Waals surface area contributed by atoms with Gasteiger partial charge in [0.25, 0.3) is 0 Å². The maximum atomic E-state index is 11.0. The van der Waals surface area contributed by atoms with E-state index in [9.17, 15) is 4.79 Å². The molecular formula is C12H14O2. The van der Waals surface area contributed by atoms with Crippen molar-refractivity contribution in [3.8, 4) is 0 Å². The molecule has 1 unspecified atom stereocenters. The van der Waals surface area contributed by atoms with Gasteiger partial charge in [-0.05, 0) is 12.0 Å². The number of hydrogen-bond donors (Lipinski definition) is 0. The van der Waals surface area contributed by atoms with Crippen molar-refractivity contribution >= 4 is 5.97 Å². The van der Waals surface area contributed by atoms with Crippen molar-refractivity contribution in [3.05, 3.63) is 35.9 Å². The lowest BCUT2D eigenvalue weighted by molar-refractivity contribution is -0.150. The van der Waals surface area contributed by atoms with Crippen molar-refractivity contribution in [3.63, 3.8) is 0 Å². The molecule has 1 saturated heterocycles. The van der Waals surface area contributed by atoms with Crippen molar-refractivity contribution in [2.45, 2.75) is 25.2 Å². The van der Waals surface area contributed by atoms with E-state index in [0.29, 0.717) is 13.0 Å². The summed E-state index contributed by atoms with van der Waals surface area (Å²) in [5, 5.41) is 0. The molecule has 0 N–H and O–H groups in total. The average molecular weight is 190 g/mol. The van der Waals surface area contributed by atoms with Crippen LogP contribution < -0.4 is 0 Å². The van der Waals surface area contributed by atoms with Crippen molar-refractivity contribution in [1.29, 1.82) is 0 Å². The van der Waals surface area contributed by atoms with Gasteiger partial charge in [-0.2, -0.15) is 0 Å². The van der Waals surface area contributed by atoms with Crippen LogP contribution in [-0.4, -0.2) is 12.6 Å². The van der Waals surface area contributed by atoms with Crippen LogP contribution in [0.15, 0.2) is 30.3 Å². The third-order valence-electron chi connectivity index (χ3n) is 2.90. The molecule has 0 radical (unpaired) electrons. The summed E-state index contributed by atoms with van der Waals surface area (Å²) in [7, 11) is 0. The fourth-order valence-electron chi connectivity index (χ4n) is 1.83. The van der Waals surface area contributed by atoms with Gasteiger partial charge in [-0.3, -0.25) is 4.79 Å². The molecular weight excluding hydrogens is 176 g/mol. The predicted molar refractivity (Wildman–Crippen MR) is 54.0 cm³/mol. The lowest BCUT2D eigenvalue weighted by Crippen LogP contribution is -2.35. The van der Waals surface area contributed by atoms with Crippen LogP contribution in [0.25, 0.3) is 0 Å². The maximum Gasteiger partial charge on any atom is 0.305 e. The third-order valence-corrected chi connectivity index (χ3v) is 2.90. The number of carbonyl (C=O) groups is 1. The monoisotopic (exact) mass is 190 g/mol. The fourth-order valence-corrected chi connectivity index (χ4v) is 1.83. The van der Waals surface area contributed by atoms with Gasteiger partial charge in [-0.1, -0.05) is 37.3 Å². The van der Waals surface area contributed by atoms with Gasteiger partial charge in [-0.25, -0.2) is 0 Å². The second-order valence-corrected chi connectivity index (χ2v) is 4.09. The van der Waals surface area contributed by atoms with Crippen molar-refractivity contribution in [1.82, 2.24) is 0 Å². The van der Waals surface area contributed by atoms with Crippen LogP contribution in [0.3, 0.4) is 0 Å². The van der Waals surface area contributed by atoms with Gasteiger partial charge in [0.1, 0.15) is 6.61 Å². The number of cyclic esters (lactones) is 1. The normalized spacial score (nSPS) is 27.1. The van der Waals surface area contributed by atoms with Gasteiger partial charge in [-0.15, -0.1) is 0 Å².